The molecular weight excluding hydrogens is 172 g/mol. The van der Waals surface area contributed by atoms with Gasteiger partial charge in [0.05, 0.1) is 13.0 Å². The Labute approximate surface area is 76.8 Å². The maximum Gasteiger partial charge on any atom is 0.328 e. The summed E-state index contributed by atoms with van der Waals surface area (Å²) in [5.74, 6) is -0.496. The van der Waals surface area contributed by atoms with Crippen LogP contribution in [-0.4, -0.2) is 38.1 Å². The van der Waals surface area contributed by atoms with Crippen molar-refractivity contribution in [2.75, 3.05) is 20.2 Å². The third-order valence-electron chi connectivity index (χ3n) is 2.07. The highest BCUT2D eigenvalue weighted by Crippen LogP contribution is 2.02. The smallest absolute Gasteiger partial charge is 0.328 e. The Kier molecular flexibility index (Phi) is 3.25. The fourth-order valence-electron chi connectivity index (χ4n) is 1.04. The van der Waals surface area contributed by atoms with Crippen molar-refractivity contribution in [3.8, 4) is 0 Å². The van der Waals surface area contributed by atoms with Crippen molar-refractivity contribution >= 4 is 11.9 Å². The van der Waals surface area contributed by atoms with Gasteiger partial charge < -0.3 is 15.4 Å². The molecule has 0 bridgehead atoms. The molecule has 0 aliphatic carbocycles. The highest BCUT2D eigenvalue weighted by Gasteiger charge is 2.27. The van der Waals surface area contributed by atoms with Crippen molar-refractivity contribution in [3.05, 3.63) is 0 Å². The van der Waals surface area contributed by atoms with E-state index in [-0.39, 0.29) is 11.8 Å². The van der Waals surface area contributed by atoms with E-state index >= 15 is 0 Å². The van der Waals surface area contributed by atoms with Crippen molar-refractivity contribution in [3.63, 3.8) is 0 Å². The van der Waals surface area contributed by atoms with Crippen LogP contribution in [0.1, 0.15) is 6.92 Å². The predicted molar refractivity (Wildman–Crippen MR) is 46.0 cm³/mol. The van der Waals surface area contributed by atoms with Crippen LogP contribution in [0.4, 0.5) is 0 Å². The van der Waals surface area contributed by atoms with Gasteiger partial charge in [-0.25, -0.2) is 4.79 Å². The monoisotopic (exact) mass is 186 g/mol. The first-order valence-electron chi connectivity index (χ1n) is 4.24. The van der Waals surface area contributed by atoms with E-state index in [2.05, 4.69) is 15.4 Å². The lowest BCUT2D eigenvalue weighted by Gasteiger charge is -2.26. The number of nitrogens with one attached hydrogen (secondary N) is 2. The maximum absolute atomic E-state index is 11.3. The van der Waals surface area contributed by atoms with Crippen LogP contribution in [0.5, 0.6) is 0 Å². The van der Waals surface area contributed by atoms with Crippen LogP contribution in [0.15, 0.2) is 0 Å². The topological polar surface area (TPSA) is 67.4 Å². The molecule has 13 heavy (non-hydrogen) atoms. The molecule has 5 heteroatoms. The summed E-state index contributed by atoms with van der Waals surface area (Å²) < 4.78 is 4.47. The SMILES string of the molecule is COC(=O)C(C)NC(=O)C1CNC1. The van der Waals surface area contributed by atoms with Gasteiger partial charge in [-0.2, -0.15) is 0 Å². The standard InChI is InChI=1S/C8H14N2O3/c1-5(8(12)13-2)10-7(11)6-3-9-4-6/h5-6,9H,3-4H2,1-2H3,(H,10,11). The average Bonchev–Trinajstić information content (AvgIpc) is 1.99. The van der Waals surface area contributed by atoms with E-state index in [0.717, 1.165) is 0 Å². The summed E-state index contributed by atoms with van der Waals surface area (Å²) >= 11 is 0. The molecule has 5 nitrogen and oxygen atoms in total. The fourth-order valence-corrected chi connectivity index (χ4v) is 1.04. The predicted octanol–water partition coefficient (Wildman–Crippen LogP) is -1.12. The van der Waals surface area contributed by atoms with Crippen molar-refractivity contribution in [1.29, 1.82) is 0 Å². The molecule has 1 atom stereocenters. The molecular formula is C8H14N2O3. The number of amides is 1. The lowest BCUT2D eigenvalue weighted by Crippen LogP contribution is -2.53. The lowest BCUT2D eigenvalue weighted by atomic mass is 10.0. The zero-order valence-corrected chi connectivity index (χ0v) is 7.79. The summed E-state index contributed by atoms with van der Waals surface area (Å²) in [6.07, 6.45) is 0. The average molecular weight is 186 g/mol. The molecule has 1 aliphatic heterocycles. The van der Waals surface area contributed by atoms with E-state index in [1.54, 1.807) is 6.92 Å². The normalized spacial score (nSPS) is 18.6. The van der Waals surface area contributed by atoms with Gasteiger partial charge in [0.15, 0.2) is 0 Å². The Morgan fingerprint density at radius 3 is 2.54 bits per heavy atom. The molecule has 1 aliphatic rings. The molecule has 74 valence electrons. The summed E-state index contributed by atoms with van der Waals surface area (Å²) in [5.41, 5.74) is 0. The summed E-state index contributed by atoms with van der Waals surface area (Å²) in [4.78, 5) is 22.2. The quantitative estimate of drug-likeness (QED) is 0.548. The van der Waals surface area contributed by atoms with Gasteiger partial charge in [-0.15, -0.1) is 0 Å². The number of carbonyl (C=O) groups excluding carboxylic acids is 2. The zero-order valence-electron chi connectivity index (χ0n) is 7.79. The molecule has 1 saturated heterocycles. The molecule has 2 N–H and O–H groups in total. The van der Waals surface area contributed by atoms with E-state index in [1.807, 2.05) is 0 Å². The number of hydrogen-bond donors (Lipinski definition) is 2. The molecule has 1 amide bonds. The van der Waals surface area contributed by atoms with Crippen LogP contribution in [0, 0.1) is 5.92 Å². The third-order valence-corrected chi connectivity index (χ3v) is 2.07. The minimum Gasteiger partial charge on any atom is -0.467 e. The Bertz CT molecular complexity index is 213. The van der Waals surface area contributed by atoms with Gasteiger partial charge in [-0.05, 0) is 6.92 Å². The number of hydrogen-bond acceptors (Lipinski definition) is 4. The molecule has 0 radical (unpaired) electrons. The van der Waals surface area contributed by atoms with E-state index in [1.165, 1.54) is 7.11 Å². The van der Waals surface area contributed by atoms with Gasteiger partial charge in [-0.3, -0.25) is 4.79 Å². The second kappa shape index (κ2) is 4.23. The molecule has 1 unspecified atom stereocenters. The third kappa shape index (κ3) is 2.42. The van der Waals surface area contributed by atoms with Crippen molar-refractivity contribution < 1.29 is 14.3 Å². The number of esters is 1. The van der Waals surface area contributed by atoms with E-state index in [0.29, 0.717) is 13.1 Å². The highest BCUT2D eigenvalue weighted by atomic mass is 16.5. The van der Waals surface area contributed by atoms with Crippen LogP contribution in [-0.2, 0) is 14.3 Å². The summed E-state index contributed by atoms with van der Waals surface area (Å²) in [5, 5.41) is 5.56. The molecule has 0 aromatic heterocycles. The Balaban J connectivity index is 2.30. The summed E-state index contributed by atoms with van der Waals surface area (Å²) in [6, 6.07) is -0.557. The van der Waals surface area contributed by atoms with Gasteiger partial charge in [0.2, 0.25) is 5.91 Å². The molecule has 0 spiro atoms. The molecule has 0 saturated carbocycles. The van der Waals surface area contributed by atoms with E-state index < -0.39 is 12.0 Å². The second-order valence-corrected chi connectivity index (χ2v) is 3.11. The fraction of sp³-hybridized carbons (Fsp3) is 0.750. The second-order valence-electron chi connectivity index (χ2n) is 3.11. The highest BCUT2D eigenvalue weighted by molar-refractivity contribution is 5.86. The zero-order chi connectivity index (χ0) is 9.84. The Hall–Kier alpha value is -1.10. The molecule has 1 fully saturated rings. The van der Waals surface area contributed by atoms with Crippen molar-refractivity contribution in [1.82, 2.24) is 10.6 Å². The molecule has 0 aromatic carbocycles. The maximum atomic E-state index is 11.3. The van der Waals surface area contributed by atoms with Crippen LogP contribution < -0.4 is 10.6 Å². The first kappa shape index (κ1) is 9.98. The van der Waals surface area contributed by atoms with Gasteiger partial charge in [0, 0.05) is 13.1 Å². The van der Waals surface area contributed by atoms with E-state index in [9.17, 15) is 9.59 Å². The molecule has 0 aromatic rings. The van der Waals surface area contributed by atoms with E-state index in [4.69, 9.17) is 0 Å². The minimum absolute atomic E-state index is 0.00658. The first-order valence-corrected chi connectivity index (χ1v) is 4.24. The van der Waals surface area contributed by atoms with Crippen LogP contribution >= 0.6 is 0 Å². The van der Waals surface area contributed by atoms with Gasteiger partial charge in [-0.1, -0.05) is 0 Å². The van der Waals surface area contributed by atoms with Crippen molar-refractivity contribution in [2.45, 2.75) is 13.0 Å². The minimum atomic E-state index is -0.557. The number of rotatable bonds is 3. The molecule has 1 heterocycles. The number of carbonyl (C=O) groups is 2. The Morgan fingerprint density at radius 2 is 2.15 bits per heavy atom. The summed E-state index contributed by atoms with van der Waals surface area (Å²) in [7, 11) is 1.30. The largest absolute Gasteiger partial charge is 0.467 e. The molecule has 1 rings (SSSR count). The Morgan fingerprint density at radius 1 is 1.54 bits per heavy atom. The van der Waals surface area contributed by atoms with Gasteiger partial charge in [0.25, 0.3) is 0 Å². The number of methoxy groups -OCH3 is 1. The first-order chi connectivity index (χ1) is 6.15. The van der Waals surface area contributed by atoms with Crippen LogP contribution in [0.2, 0.25) is 0 Å². The summed E-state index contributed by atoms with van der Waals surface area (Å²) in [6.45, 7) is 3.00. The van der Waals surface area contributed by atoms with Gasteiger partial charge in [0.1, 0.15) is 6.04 Å². The number of ether oxygens (including phenoxy) is 1. The van der Waals surface area contributed by atoms with Crippen LogP contribution in [0.3, 0.4) is 0 Å². The lowest BCUT2D eigenvalue weighted by molar-refractivity contribution is -0.145. The van der Waals surface area contributed by atoms with Gasteiger partial charge >= 0.3 is 5.97 Å². The van der Waals surface area contributed by atoms with Crippen LogP contribution in [0.25, 0.3) is 0 Å². The van der Waals surface area contributed by atoms with Crippen molar-refractivity contribution in [2.24, 2.45) is 5.92 Å².